The summed E-state index contributed by atoms with van der Waals surface area (Å²) >= 11 is 9.22. The number of nitrogens with one attached hydrogen (secondary N) is 1. The molecule has 0 unspecified atom stereocenters. The van der Waals surface area contributed by atoms with Gasteiger partial charge >= 0.3 is 0 Å². The van der Waals surface area contributed by atoms with Crippen LogP contribution < -0.4 is 5.32 Å². The lowest BCUT2D eigenvalue weighted by Gasteiger charge is -2.11. The van der Waals surface area contributed by atoms with Gasteiger partial charge in [-0.2, -0.15) is 0 Å². The first-order valence-electron chi connectivity index (χ1n) is 5.51. The predicted molar refractivity (Wildman–Crippen MR) is 77.6 cm³/mol. The molecule has 0 atom stereocenters. The zero-order valence-electron chi connectivity index (χ0n) is 9.81. The molecule has 94 valence electrons. The van der Waals surface area contributed by atoms with E-state index in [9.17, 15) is 4.39 Å². The standard InChI is InChI=1S/C14H12BrClFN/c1-9-3-2-4-13(14(9)15)18-8-10-5-6-11(16)7-12(10)17/h2-7,18H,8H2,1H3. The lowest BCUT2D eigenvalue weighted by Crippen LogP contribution is -2.02. The van der Waals surface area contributed by atoms with E-state index in [2.05, 4.69) is 21.2 Å². The van der Waals surface area contributed by atoms with Gasteiger partial charge in [0.1, 0.15) is 5.82 Å². The summed E-state index contributed by atoms with van der Waals surface area (Å²) in [6.45, 7) is 2.43. The molecule has 0 fully saturated rings. The number of rotatable bonds is 3. The van der Waals surface area contributed by atoms with Crippen LogP contribution in [0.1, 0.15) is 11.1 Å². The minimum absolute atomic E-state index is 0.293. The van der Waals surface area contributed by atoms with Gasteiger partial charge in [0.25, 0.3) is 0 Å². The highest BCUT2D eigenvalue weighted by Gasteiger charge is 2.05. The van der Waals surface area contributed by atoms with Crippen LogP contribution in [0.4, 0.5) is 10.1 Å². The van der Waals surface area contributed by atoms with Crippen molar-refractivity contribution in [3.05, 3.63) is 62.8 Å². The molecule has 0 aliphatic carbocycles. The Balaban J connectivity index is 2.14. The molecule has 18 heavy (non-hydrogen) atoms. The molecule has 0 amide bonds. The van der Waals surface area contributed by atoms with Crippen LogP contribution in [0.25, 0.3) is 0 Å². The maximum Gasteiger partial charge on any atom is 0.129 e. The van der Waals surface area contributed by atoms with E-state index in [1.807, 2.05) is 25.1 Å². The first-order chi connectivity index (χ1) is 8.58. The number of benzene rings is 2. The normalized spacial score (nSPS) is 10.4. The van der Waals surface area contributed by atoms with Crippen LogP contribution in [0.3, 0.4) is 0 Å². The summed E-state index contributed by atoms with van der Waals surface area (Å²) in [5.74, 6) is -0.293. The summed E-state index contributed by atoms with van der Waals surface area (Å²) in [4.78, 5) is 0. The van der Waals surface area contributed by atoms with E-state index in [4.69, 9.17) is 11.6 Å². The fourth-order valence-corrected chi connectivity index (χ4v) is 2.20. The number of hydrogen-bond donors (Lipinski definition) is 1. The van der Waals surface area contributed by atoms with E-state index in [-0.39, 0.29) is 5.82 Å². The maximum atomic E-state index is 13.6. The molecular formula is C14H12BrClFN. The van der Waals surface area contributed by atoms with Crippen molar-refractivity contribution in [3.63, 3.8) is 0 Å². The monoisotopic (exact) mass is 327 g/mol. The van der Waals surface area contributed by atoms with Gasteiger partial charge in [-0.1, -0.05) is 29.8 Å². The Hall–Kier alpha value is -1.06. The van der Waals surface area contributed by atoms with Gasteiger partial charge in [-0.25, -0.2) is 4.39 Å². The molecule has 1 nitrogen and oxygen atoms in total. The summed E-state index contributed by atoms with van der Waals surface area (Å²) in [6.07, 6.45) is 0. The molecule has 2 aromatic rings. The van der Waals surface area contributed by atoms with E-state index in [1.165, 1.54) is 6.07 Å². The second-order valence-electron chi connectivity index (χ2n) is 4.03. The molecule has 2 aromatic carbocycles. The molecule has 2 rings (SSSR count). The Bertz CT molecular complexity index is 572. The Morgan fingerprint density at radius 1 is 1.28 bits per heavy atom. The maximum absolute atomic E-state index is 13.6. The second kappa shape index (κ2) is 5.72. The Morgan fingerprint density at radius 2 is 2.06 bits per heavy atom. The van der Waals surface area contributed by atoms with Gasteiger partial charge in [0.15, 0.2) is 0 Å². The number of halogens is 3. The fourth-order valence-electron chi connectivity index (χ4n) is 1.64. The van der Waals surface area contributed by atoms with Crippen molar-refractivity contribution in [1.82, 2.24) is 0 Å². The van der Waals surface area contributed by atoms with Crippen molar-refractivity contribution in [3.8, 4) is 0 Å². The van der Waals surface area contributed by atoms with E-state index < -0.39 is 0 Å². The number of anilines is 1. The zero-order chi connectivity index (χ0) is 13.1. The van der Waals surface area contributed by atoms with Crippen LogP contribution in [-0.4, -0.2) is 0 Å². The van der Waals surface area contributed by atoms with Gasteiger partial charge < -0.3 is 5.32 Å². The molecule has 0 bridgehead atoms. The quantitative estimate of drug-likeness (QED) is 0.820. The van der Waals surface area contributed by atoms with Crippen molar-refractivity contribution >= 4 is 33.2 Å². The molecule has 0 aliphatic heterocycles. The van der Waals surface area contributed by atoms with Crippen LogP contribution in [0.2, 0.25) is 5.02 Å². The van der Waals surface area contributed by atoms with Crippen LogP contribution in [0.5, 0.6) is 0 Å². The molecule has 1 N–H and O–H groups in total. The Labute approximate surface area is 119 Å². The molecule has 0 saturated carbocycles. The highest BCUT2D eigenvalue weighted by molar-refractivity contribution is 9.10. The molecular weight excluding hydrogens is 317 g/mol. The predicted octanol–water partition coefficient (Wildman–Crippen LogP) is 5.16. The third kappa shape index (κ3) is 3.03. The van der Waals surface area contributed by atoms with Crippen molar-refractivity contribution in [1.29, 1.82) is 0 Å². The molecule has 0 radical (unpaired) electrons. The second-order valence-corrected chi connectivity index (χ2v) is 5.26. The van der Waals surface area contributed by atoms with Gasteiger partial charge in [0.2, 0.25) is 0 Å². The lowest BCUT2D eigenvalue weighted by molar-refractivity contribution is 0.613. The van der Waals surface area contributed by atoms with Gasteiger partial charge in [-0.15, -0.1) is 0 Å². The van der Waals surface area contributed by atoms with E-state index >= 15 is 0 Å². The van der Waals surface area contributed by atoms with Crippen molar-refractivity contribution < 1.29 is 4.39 Å². The van der Waals surface area contributed by atoms with Gasteiger partial charge in [0, 0.05) is 27.3 Å². The van der Waals surface area contributed by atoms with Crippen molar-refractivity contribution in [2.75, 3.05) is 5.32 Å². The van der Waals surface area contributed by atoms with Gasteiger partial charge in [0.05, 0.1) is 0 Å². The third-order valence-electron chi connectivity index (χ3n) is 2.68. The Morgan fingerprint density at radius 3 is 2.78 bits per heavy atom. The molecule has 0 heterocycles. The number of hydrogen-bond acceptors (Lipinski definition) is 1. The SMILES string of the molecule is Cc1cccc(NCc2ccc(Cl)cc2F)c1Br. The molecule has 0 spiro atoms. The molecule has 0 aromatic heterocycles. The van der Waals surface area contributed by atoms with Crippen LogP contribution in [0.15, 0.2) is 40.9 Å². The van der Waals surface area contributed by atoms with Crippen LogP contribution >= 0.6 is 27.5 Å². The fraction of sp³-hybridized carbons (Fsp3) is 0.143. The highest BCUT2D eigenvalue weighted by atomic mass is 79.9. The van der Waals surface area contributed by atoms with Crippen molar-refractivity contribution in [2.45, 2.75) is 13.5 Å². The smallest absolute Gasteiger partial charge is 0.129 e. The minimum atomic E-state index is -0.293. The summed E-state index contributed by atoms with van der Waals surface area (Å²) in [6, 6.07) is 10.6. The first kappa shape index (κ1) is 13.4. The van der Waals surface area contributed by atoms with Gasteiger partial charge in [-0.05, 0) is 46.6 Å². The summed E-state index contributed by atoms with van der Waals surface area (Å²) in [7, 11) is 0. The number of aryl methyl sites for hydroxylation is 1. The molecule has 0 saturated heterocycles. The van der Waals surface area contributed by atoms with E-state index in [0.717, 1.165) is 15.7 Å². The summed E-state index contributed by atoms with van der Waals surface area (Å²) in [5.41, 5.74) is 2.67. The summed E-state index contributed by atoms with van der Waals surface area (Å²) < 4.78 is 14.6. The van der Waals surface area contributed by atoms with Crippen molar-refractivity contribution in [2.24, 2.45) is 0 Å². The highest BCUT2D eigenvalue weighted by Crippen LogP contribution is 2.26. The average molecular weight is 329 g/mol. The minimum Gasteiger partial charge on any atom is -0.380 e. The average Bonchev–Trinajstić information content (AvgIpc) is 2.33. The van der Waals surface area contributed by atoms with E-state index in [0.29, 0.717) is 17.1 Å². The van der Waals surface area contributed by atoms with Gasteiger partial charge in [-0.3, -0.25) is 0 Å². The van der Waals surface area contributed by atoms with Crippen LogP contribution in [0, 0.1) is 12.7 Å². The Kier molecular flexibility index (Phi) is 4.25. The lowest BCUT2D eigenvalue weighted by atomic mass is 10.2. The zero-order valence-corrected chi connectivity index (χ0v) is 12.1. The molecule has 4 heteroatoms. The largest absolute Gasteiger partial charge is 0.380 e. The topological polar surface area (TPSA) is 12.0 Å². The summed E-state index contributed by atoms with van der Waals surface area (Å²) in [5, 5.41) is 3.61. The molecule has 0 aliphatic rings. The van der Waals surface area contributed by atoms with Crippen LogP contribution in [-0.2, 0) is 6.54 Å². The van der Waals surface area contributed by atoms with E-state index in [1.54, 1.807) is 12.1 Å². The third-order valence-corrected chi connectivity index (χ3v) is 3.96. The first-order valence-corrected chi connectivity index (χ1v) is 6.68.